The molecule has 6 heteroatoms. The molecule has 5 atom stereocenters. The fourth-order valence-corrected chi connectivity index (χ4v) is 4.30. The molecule has 19 heavy (non-hydrogen) atoms. The van der Waals surface area contributed by atoms with Gasteiger partial charge in [-0.25, -0.2) is 4.79 Å². The second-order valence-corrected chi connectivity index (χ2v) is 6.45. The van der Waals surface area contributed by atoms with E-state index >= 15 is 0 Å². The summed E-state index contributed by atoms with van der Waals surface area (Å²) >= 11 is 0. The monoisotopic (exact) mass is 267 g/mol. The quantitative estimate of drug-likeness (QED) is 0.701. The van der Waals surface area contributed by atoms with Gasteiger partial charge >= 0.3 is 5.97 Å². The van der Waals surface area contributed by atoms with Gasteiger partial charge in [-0.3, -0.25) is 4.79 Å². The highest BCUT2D eigenvalue weighted by atomic mass is 16.5. The van der Waals surface area contributed by atoms with Gasteiger partial charge in [-0.05, 0) is 19.3 Å². The Morgan fingerprint density at radius 2 is 2.11 bits per heavy atom. The summed E-state index contributed by atoms with van der Waals surface area (Å²) in [6, 6.07) is 0. The van der Waals surface area contributed by atoms with E-state index < -0.39 is 11.6 Å². The summed E-state index contributed by atoms with van der Waals surface area (Å²) in [5.74, 6) is -0.903. The number of aliphatic hydroxyl groups excluding tert-OH is 1. The van der Waals surface area contributed by atoms with E-state index in [1.165, 1.54) is 0 Å². The lowest BCUT2D eigenvalue weighted by molar-refractivity contribution is -0.162. The third-order valence-electron chi connectivity index (χ3n) is 5.60. The average molecular weight is 267 g/mol. The van der Waals surface area contributed by atoms with E-state index in [0.717, 1.165) is 6.42 Å². The Bertz CT molecular complexity index is 480. The largest absolute Gasteiger partial charge is 0.479 e. The van der Waals surface area contributed by atoms with Crippen molar-refractivity contribution in [2.45, 2.75) is 31.0 Å². The van der Waals surface area contributed by atoms with Gasteiger partial charge in [-0.2, -0.15) is 0 Å². The highest BCUT2D eigenvalue weighted by Crippen LogP contribution is 2.68. The van der Waals surface area contributed by atoms with Crippen LogP contribution in [-0.4, -0.2) is 58.4 Å². The molecule has 0 aromatic carbocycles. The summed E-state index contributed by atoms with van der Waals surface area (Å²) in [5, 5.41) is 18.9. The number of aliphatic carboxylic acids is 1. The predicted octanol–water partition coefficient (Wildman–Crippen LogP) is -0.541. The van der Waals surface area contributed by atoms with Gasteiger partial charge in [0.2, 0.25) is 5.91 Å². The second-order valence-electron chi connectivity index (χ2n) is 6.45. The normalized spacial score (nSPS) is 50.4. The number of amides is 1. The maximum Gasteiger partial charge on any atom is 0.338 e. The third-order valence-corrected chi connectivity index (χ3v) is 5.60. The number of likely N-dealkylation sites (tertiary alicyclic amines) is 1. The molecule has 0 aromatic heterocycles. The van der Waals surface area contributed by atoms with Crippen LogP contribution in [0.5, 0.6) is 0 Å². The van der Waals surface area contributed by atoms with Crippen LogP contribution < -0.4 is 0 Å². The van der Waals surface area contributed by atoms with Crippen LogP contribution in [0.25, 0.3) is 0 Å². The molecule has 4 rings (SSSR count). The van der Waals surface area contributed by atoms with E-state index in [-0.39, 0.29) is 35.8 Å². The lowest BCUT2D eigenvalue weighted by atomic mass is 9.81. The Kier molecular flexibility index (Phi) is 2.03. The number of fused-ring (bicyclic) bond motifs is 2. The Balaban J connectivity index is 1.54. The molecule has 0 spiro atoms. The molecule has 2 aliphatic heterocycles. The van der Waals surface area contributed by atoms with Crippen LogP contribution in [-0.2, 0) is 14.3 Å². The summed E-state index contributed by atoms with van der Waals surface area (Å²) in [7, 11) is 0. The minimum Gasteiger partial charge on any atom is -0.479 e. The van der Waals surface area contributed by atoms with Crippen molar-refractivity contribution >= 4 is 11.9 Å². The van der Waals surface area contributed by atoms with Crippen molar-refractivity contribution in [2.75, 3.05) is 19.7 Å². The minimum atomic E-state index is -1.18. The summed E-state index contributed by atoms with van der Waals surface area (Å²) in [6.07, 6.45) is 1.67. The average Bonchev–Trinajstić information content (AvgIpc) is 2.69. The number of carboxylic acid groups (broad SMARTS) is 1. The number of carboxylic acids is 1. The topological polar surface area (TPSA) is 87.1 Å². The molecule has 2 aliphatic carbocycles. The van der Waals surface area contributed by atoms with Crippen LogP contribution in [0.1, 0.15) is 19.3 Å². The lowest BCUT2D eigenvalue weighted by Crippen LogP contribution is -2.48. The van der Waals surface area contributed by atoms with Crippen molar-refractivity contribution in [3.63, 3.8) is 0 Å². The third kappa shape index (κ3) is 1.24. The van der Waals surface area contributed by atoms with E-state index in [4.69, 9.17) is 4.74 Å². The Morgan fingerprint density at radius 1 is 1.32 bits per heavy atom. The number of ether oxygens (including phenoxy) is 1. The highest BCUT2D eigenvalue weighted by molar-refractivity contribution is 5.90. The van der Waals surface area contributed by atoms with Gasteiger partial charge in [0.1, 0.15) is 0 Å². The molecule has 1 amide bonds. The molecule has 2 saturated carbocycles. The summed E-state index contributed by atoms with van der Waals surface area (Å²) in [6.45, 7) is 1.11. The Labute approximate surface area is 110 Å². The number of aliphatic hydroxyl groups is 1. The van der Waals surface area contributed by atoms with Gasteiger partial charge in [0.25, 0.3) is 0 Å². The van der Waals surface area contributed by atoms with E-state index in [1.807, 2.05) is 0 Å². The lowest BCUT2D eigenvalue weighted by Gasteiger charge is -2.33. The molecule has 104 valence electrons. The molecule has 0 bridgehead atoms. The van der Waals surface area contributed by atoms with Crippen molar-refractivity contribution < 1.29 is 24.5 Å². The molecule has 0 unspecified atom stereocenters. The highest BCUT2D eigenvalue weighted by Gasteiger charge is 2.73. The van der Waals surface area contributed by atoms with Gasteiger partial charge < -0.3 is 19.8 Å². The number of rotatable bonds is 2. The molecule has 0 aromatic rings. The molecule has 4 aliphatic rings. The van der Waals surface area contributed by atoms with Crippen molar-refractivity contribution in [3.05, 3.63) is 0 Å². The van der Waals surface area contributed by atoms with Crippen LogP contribution in [0.15, 0.2) is 0 Å². The molecule has 6 nitrogen and oxygen atoms in total. The van der Waals surface area contributed by atoms with Crippen LogP contribution in [0, 0.1) is 17.3 Å². The first-order chi connectivity index (χ1) is 8.99. The van der Waals surface area contributed by atoms with E-state index in [0.29, 0.717) is 26.0 Å². The first-order valence-corrected chi connectivity index (χ1v) is 6.84. The zero-order chi connectivity index (χ0) is 13.4. The summed E-state index contributed by atoms with van der Waals surface area (Å²) in [5.41, 5.74) is -1.54. The fourth-order valence-electron chi connectivity index (χ4n) is 4.30. The van der Waals surface area contributed by atoms with Gasteiger partial charge in [-0.15, -0.1) is 0 Å². The van der Waals surface area contributed by atoms with Gasteiger partial charge in [0.05, 0.1) is 18.1 Å². The maximum absolute atomic E-state index is 12.5. The number of nitrogens with zero attached hydrogens (tertiary/aromatic N) is 1. The zero-order valence-electron chi connectivity index (χ0n) is 10.5. The molecule has 2 heterocycles. The summed E-state index contributed by atoms with van der Waals surface area (Å²) in [4.78, 5) is 25.6. The van der Waals surface area contributed by atoms with E-state index in [9.17, 15) is 19.8 Å². The zero-order valence-corrected chi connectivity index (χ0v) is 10.5. The SMILES string of the molecule is O=C(N1C[C@@H]2CCO[C@]2(C(=O)O)C1)[C@]12C[C@@H](O)[C@H]1C2. The number of hydrogen-bond acceptors (Lipinski definition) is 4. The van der Waals surface area contributed by atoms with Crippen LogP contribution in [0.3, 0.4) is 0 Å². The number of hydrogen-bond donors (Lipinski definition) is 2. The number of carbonyl (C=O) groups is 2. The van der Waals surface area contributed by atoms with Crippen LogP contribution in [0.2, 0.25) is 0 Å². The first kappa shape index (κ1) is 11.7. The van der Waals surface area contributed by atoms with Crippen LogP contribution >= 0.6 is 0 Å². The van der Waals surface area contributed by atoms with Gasteiger partial charge in [-0.1, -0.05) is 0 Å². The molecule has 0 radical (unpaired) electrons. The summed E-state index contributed by atoms with van der Waals surface area (Å²) < 4.78 is 5.46. The molecular weight excluding hydrogens is 250 g/mol. The smallest absolute Gasteiger partial charge is 0.338 e. The van der Waals surface area contributed by atoms with Crippen molar-refractivity contribution in [2.24, 2.45) is 17.3 Å². The Morgan fingerprint density at radius 3 is 2.63 bits per heavy atom. The van der Waals surface area contributed by atoms with Crippen LogP contribution in [0.4, 0.5) is 0 Å². The van der Waals surface area contributed by atoms with E-state index in [1.54, 1.807) is 4.90 Å². The maximum atomic E-state index is 12.5. The Hall–Kier alpha value is -1.14. The van der Waals surface area contributed by atoms with Crippen molar-refractivity contribution in [1.82, 2.24) is 4.90 Å². The van der Waals surface area contributed by atoms with Crippen molar-refractivity contribution in [3.8, 4) is 0 Å². The van der Waals surface area contributed by atoms with Gasteiger partial charge in [0.15, 0.2) is 5.60 Å². The standard InChI is InChI=1S/C13H17NO5/c15-9-4-12(3-8(9)12)10(16)14-5-7-1-2-19-13(7,6-14)11(17)18/h7-9,15H,1-6H2,(H,17,18)/t7-,8+,9+,12+,13+/m0/s1. The molecule has 4 fully saturated rings. The fraction of sp³-hybridized carbons (Fsp3) is 0.846. The minimum absolute atomic E-state index is 0.0291. The first-order valence-electron chi connectivity index (χ1n) is 6.84. The molecule has 2 N–H and O–H groups in total. The number of carbonyl (C=O) groups excluding carboxylic acids is 1. The predicted molar refractivity (Wildman–Crippen MR) is 62.2 cm³/mol. The molecule has 2 saturated heterocycles. The van der Waals surface area contributed by atoms with Gasteiger partial charge in [0, 0.05) is 25.0 Å². The van der Waals surface area contributed by atoms with Crippen molar-refractivity contribution in [1.29, 1.82) is 0 Å². The van der Waals surface area contributed by atoms with E-state index in [2.05, 4.69) is 0 Å². The second kappa shape index (κ2) is 3.30. The molecular formula is C13H17NO5.